The van der Waals surface area contributed by atoms with Crippen LogP contribution in [0.15, 0.2) is 39.9 Å². The summed E-state index contributed by atoms with van der Waals surface area (Å²) >= 11 is 0. The van der Waals surface area contributed by atoms with Gasteiger partial charge < -0.3 is 14.5 Å². The van der Waals surface area contributed by atoms with E-state index in [-0.39, 0.29) is 0 Å². The van der Waals surface area contributed by atoms with Gasteiger partial charge in [0.2, 0.25) is 0 Å². The normalized spacial score (nSPS) is 22.4. The maximum absolute atomic E-state index is 9.14. The highest BCUT2D eigenvalue weighted by Gasteiger charge is 2.25. The molecule has 2 aromatic rings. The Morgan fingerprint density at radius 1 is 1.23 bits per heavy atom. The zero-order valence-electron chi connectivity index (χ0n) is 15.5. The standard InChI is InChI=1S/C22H26N2O2/c1-3-5-21-19(13-22(26-21)17-6-4-11-24(2)14-17)16-7-9-18-15(12-16)8-10-20(18)23-25/h3,5,7,9,12-13,17,25H,4,6,8,10-11,14H2,1-2H3/b5-3+,23-20+. The van der Waals surface area contributed by atoms with Crippen LogP contribution in [-0.4, -0.2) is 36.0 Å². The molecule has 1 aromatic carbocycles. The Morgan fingerprint density at radius 3 is 2.88 bits per heavy atom. The summed E-state index contributed by atoms with van der Waals surface area (Å²) in [6.45, 7) is 4.25. The minimum absolute atomic E-state index is 0.467. The van der Waals surface area contributed by atoms with Crippen molar-refractivity contribution < 1.29 is 9.62 Å². The number of furan rings is 1. The summed E-state index contributed by atoms with van der Waals surface area (Å²) in [4.78, 5) is 2.39. The first-order valence-corrected chi connectivity index (χ1v) is 9.49. The van der Waals surface area contributed by atoms with Gasteiger partial charge in [-0.2, -0.15) is 0 Å². The number of nitrogens with zero attached hydrogens (tertiary/aromatic N) is 2. The molecular weight excluding hydrogens is 324 g/mol. The van der Waals surface area contributed by atoms with E-state index in [2.05, 4.69) is 47.4 Å². The molecule has 0 saturated carbocycles. The highest BCUT2D eigenvalue weighted by Crippen LogP contribution is 2.36. The van der Waals surface area contributed by atoms with E-state index in [1.165, 1.54) is 30.5 Å². The lowest BCUT2D eigenvalue weighted by Crippen LogP contribution is -2.30. The predicted molar refractivity (Wildman–Crippen MR) is 105 cm³/mol. The van der Waals surface area contributed by atoms with E-state index in [4.69, 9.17) is 9.62 Å². The number of rotatable bonds is 3. The molecule has 0 radical (unpaired) electrons. The van der Waals surface area contributed by atoms with Crippen LogP contribution in [0.25, 0.3) is 17.2 Å². The molecular formula is C22H26N2O2. The third kappa shape index (κ3) is 3.10. The minimum atomic E-state index is 0.467. The average Bonchev–Trinajstić information content (AvgIpc) is 3.25. The van der Waals surface area contributed by atoms with Crippen molar-refractivity contribution in [3.8, 4) is 11.1 Å². The van der Waals surface area contributed by atoms with Crippen LogP contribution in [0.2, 0.25) is 0 Å². The predicted octanol–water partition coefficient (Wildman–Crippen LogP) is 4.91. The molecule has 4 rings (SSSR count). The molecule has 26 heavy (non-hydrogen) atoms. The molecule has 1 N–H and O–H groups in total. The van der Waals surface area contributed by atoms with Crippen molar-refractivity contribution in [2.45, 2.75) is 38.5 Å². The monoisotopic (exact) mass is 350 g/mol. The van der Waals surface area contributed by atoms with E-state index in [1.54, 1.807) is 0 Å². The van der Waals surface area contributed by atoms with Crippen LogP contribution in [0.5, 0.6) is 0 Å². The second kappa shape index (κ2) is 7.12. The maximum atomic E-state index is 9.14. The highest BCUT2D eigenvalue weighted by molar-refractivity contribution is 6.04. The van der Waals surface area contributed by atoms with Crippen molar-refractivity contribution in [1.82, 2.24) is 4.90 Å². The Balaban J connectivity index is 1.72. The van der Waals surface area contributed by atoms with Gasteiger partial charge in [-0.15, -0.1) is 0 Å². The Kier molecular flexibility index (Phi) is 4.68. The molecule has 1 aliphatic heterocycles. The van der Waals surface area contributed by atoms with Gasteiger partial charge in [0.15, 0.2) is 0 Å². The first kappa shape index (κ1) is 17.1. The van der Waals surface area contributed by atoms with Crippen molar-refractivity contribution in [3.63, 3.8) is 0 Å². The van der Waals surface area contributed by atoms with Crippen molar-refractivity contribution in [3.05, 3.63) is 53.0 Å². The quantitative estimate of drug-likeness (QED) is 0.632. The summed E-state index contributed by atoms with van der Waals surface area (Å²) in [5.74, 6) is 2.50. The van der Waals surface area contributed by atoms with E-state index in [0.717, 1.165) is 47.7 Å². The van der Waals surface area contributed by atoms with E-state index in [0.29, 0.717) is 5.92 Å². The van der Waals surface area contributed by atoms with Crippen LogP contribution >= 0.6 is 0 Å². The van der Waals surface area contributed by atoms with Gasteiger partial charge in [0, 0.05) is 23.6 Å². The van der Waals surface area contributed by atoms with Crippen molar-refractivity contribution in [1.29, 1.82) is 0 Å². The fourth-order valence-electron chi connectivity index (χ4n) is 4.27. The van der Waals surface area contributed by atoms with Crippen molar-refractivity contribution in [2.75, 3.05) is 20.1 Å². The fraction of sp³-hybridized carbons (Fsp3) is 0.409. The molecule has 2 heterocycles. The summed E-state index contributed by atoms with van der Waals surface area (Å²) in [6.07, 6.45) is 8.23. The SMILES string of the molecule is C/C=C/c1oc(C2CCCN(C)C2)cc1-c1ccc2c(c1)CC/C2=N\O. The Bertz CT molecular complexity index is 863. The number of hydrogen-bond donors (Lipinski definition) is 1. The van der Waals surface area contributed by atoms with Gasteiger partial charge >= 0.3 is 0 Å². The van der Waals surface area contributed by atoms with E-state index in [9.17, 15) is 0 Å². The van der Waals surface area contributed by atoms with E-state index < -0.39 is 0 Å². The lowest BCUT2D eigenvalue weighted by Gasteiger charge is -2.28. The molecule has 1 saturated heterocycles. The Hall–Kier alpha value is -2.33. The average molecular weight is 350 g/mol. The molecule has 0 amide bonds. The molecule has 1 atom stereocenters. The summed E-state index contributed by atoms with van der Waals surface area (Å²) < 4.78 is 6.28. The first-order valence-electron chi connectivity index (χ1n) is 9.49. The molecule has 1 aliphatic carbocycles. The number of aryl methyl sites for hydroxylation is 1. The van der Waals surface area contributed by atoms with E-state index in [1.807, 2.05) is 13.0 Å². The van der Waals surface area contributed by atoms with Crippen LogP contribution in [0.4, 0.5) is 0 Å². The number of benzene rings is 1. The van der Waals surface area contributed by atoms with Gasteiger partial charge in [-0.25, -0.2) is 0 Å². The van der Waals surface area contributed by atoms with Crippen LogP contribution < -0.4 is 0 Å². The number of allylic oxidation sites excluding steroid dienone is 1. The van der Waals surface area contributed by atoms with Gasteiger partial charge in [-0.05, 0) is 69.5 Å². The largest absolute Gasteiger partial charge is 0.461 e. The minimum Gasteiger partial charge on any atom is -0.461 e. The summed E-state index contributed by atoms with van der Waals surface area (Å²) in [6, 6.07) is 8.65. The molecule has 0 spiro atoms. The summed E-state index contributed by atoms with van der Waals surface area (Å²) in [5.41, 5.74) is 5.44. The van der Waals surface area contributed by atoms with Gasteiger partial charge in [0.1, 0.15) is 11.5 Å². The Labute approximate surface area is 154 Å². The first-order chi connectivity index (χ1) is 12.7. The smallest absolute Gasteiger partial charge is 0.134 e. The number of piperidine rings is 1. The van der Waals surface area contributed by atoms with Crippen molar-refractivity contribution >= 4 is 11.8 Å². The lowest BCUT2D eigenvalue weighted by molar-refractivity contribution is 0.233. The number of likely N-dealkylation sites (tertiary alicyclic amines) is 1. The molecule has 1 aromatic heterocycles. The van der Waals surface area contributed by atoms with Crippen LogP contribution in [0.1, 0.15) is 54.8 Å². The van der Waals surface area contributed by atoms with Gasteiger partial charge in [0.05, 0.1) is 5.71 Å². The number of fused-ring (bicyclic) bond motifs is 1. The van der Waals surface area contributed by atoms with Crippen LogP contribution in [-0.2, 0) is 6.42 Å². The Morgan fingerprint density at radius 2 is 2.12 bits per heavy atom. The molecule has 4 heteroatoms. The molecule has 0 bridgehead atoms. The number of hydrogen-bond acceptors (Lipinski definition) is 4. The topological polar surface area (TPSA) is 49.0 Å². The third-order valence-electron chi connectivity index (χ3n) is 5.60. The number of likely N-dealkylation sites (N-methyl/N-ethyl adjacent to an activating group) is 1. The highest BCUT2D eigenvalue weighted by atomic mass is 16.4. The molecule has 2 aliphatic rings. The van der Waals surface area contributed by atoms with Crippen LogP contribution in [0, 0.1) is 0 Å². The van der Waals surface area contributed by atoms with Gasteiger partial charge in [-0.3, -0.25) is 0 Å². The molecule has 4 nitrogen and oxygen atoms in total. The molecule has 136 valence electrons. The zero-order valence-corrected chi connectivity index (χ0v) is 15.5. The van der Waals surface area contributed by atoms with Crippen molar-refractivity contribution in [2.24, 2.45) is 5.16 Å². The summed E-state index contributed by atoms with van der Waals surface area (Å²) in [7, 11) is 2.18. The maximum Gasteiger partial charge on any atom is 0.134 e. The van der Waals surface area contributed by atoms with Gasteiger partial charge in [0.25, 0.3) is 0 Å². The van der Waals surface area contributed by atoms with Gasteiger partial charge in [-0.1, -0.05) is 29.4 Å². The lowest BCUT2D eigenvalue weighted by atomic mass is 9.94. The fourth-order valence-corrected chi connectivity index (χ4v) is 4.27. The zero-order chi connectivity index (χ0) is 18.1. The molecule has 1 unspecified atom stereocenters. The summed E-state index contributed by atoms with van der Waals surface area (Å²) in [5, 5.41) is 12.6. The third-order valence-corrected chi connectivity index (χ3v) is 5.60. The molecule has 1 fully saturated rings. The van der Waals surface area contributed by atoms with E-state index >= 15 is 0 Å². The second-order valence-corrected chi connectivity index (χ2v) is 7.45. The van der Waals surface area contributed by atoms with Crippen LogP contribution in [0.3, 0.4) is 0 Å². The number of oxime groups is 1. The second-order valence-electron chi connectivity index (χ2n) is 7.45.